The van der Waals surface area contributed by atoms with Gasteiger partial charge in [-0.1, -0.05) is 29.8 Å². The Morgan fingerprint density at radius 2 is 2.15 bits per heavy atom. The Morgan fingerprint density at radius 3 is 2.78 bits per heavy atom. The van der Waals surface area contributed by atoms with Crippen LogP contribution in [0.4, 0.5) is 0 Å². The summed E-state index contributed by atoms with van der Waals surface area (Å²) >= 11 is 5.62. The van der Waals surface area contributed by atoms with E-state index >= 15 is 0 Å². The number of phenolic OH excluding ortho intramolecular Hbond substituents is 1. The fourth-order valence-corrected chi connectivity index (χ4v) is 3.07. The van der Waals surface area contributed by atoms with Crippen LogP contribution in [0.1, 0.15) is 46.8 Å². The Hall–Kier alpha value is -2.47. The fourth-order valence-electron chi connectivity index (χ4n) is 3.00. The first-order valence-corrected chi connectivity index (χ1v) is 8.98. The molecule has 0 atom stereocenters. The van der Waals surface area contributed by atoms with Crippen LogP contribution in [0.25, 0.3) is 0 Å². The van der Waals surface area contributed by atoms with Crippen LogP contribution in [-0.4, -0.2) is 30.6 Å². The molecule has 0 radical (unpaired) electrons. The number of hydrogen-bond acceptors (Lipinski definition) is 5. The predicted octanol–water partition coefficient (Wildman–Crippen LogP) is 3.52. The minimum absolute atomic E-state index is 0.0997. The molecule has 0 unspecified atom stereocenters. The second kappa shape index (κ2) is 8.95. The predicted molar refractivity (Wildman–Crippen MR) is 103 cm³/mol. The molecule has 0 saturated carbocycles. The third-order valence-electron chi connectivity index (χ3n) is 4.53. The van der Waals surface area contributed by atoms with Crippen LogP contribution in [-0.2, 0) is 22.6 Å². The smallest absolute Gasteiger partial charge is 0.342 e. The summed E-state index contributed by atoms with van der Waals surface area (Å²) < 4.78 is 10.5. The number of benzene rings is 1. The van der Waals surface area contributed by atoms with Gasteiger partial charge in [-0.05, 0) is 32.3 Å². The lowest BCUT2D eigenvalue weighted by atomic mass is 9.94. The van der Waals surface area contributed by atoms with Crippen molar-refractivity contribution < 1.29 is 24.2 Å². The molecular formula is C20H24ClNO5. The number of rotatable bonds is 8. The van der Waals surface area contributed by atoms with E-state index in [-0.39, 0.29) is 30.4 Å². The highest BCUT2D eigenvalue weighted by Gasteiger charge is 2.31. The van der Waals surface area contributed by atoms with Crippen molar-refractivity contribution >= 4 is 23.5 Å². The van der Waals surface area contributed by atoms with Gasteiger partial charge in [0, 0.05) is 22.6 Å². The van der Waals surface area contributed by atoms with Gasteiger partial charge < -0.3 is 19.9 Å². The van der Waals surface area contributed by atoms with Crippen molar-refractivity contribution in [3.8, 4) is 11.5 Å². The number of cyclic esters (lactones) is 1. The minimum atomic E-state index is -0.521. The van der Waals surface area contributed by atoms with E-state index in [2.05, 4.69) is 11.9 Å². The van der Waals surface area contributed by atoms with Crippen LogP contribution < -0.4 is 10.1 Å². The zero-order chi connectivity index (χ0) is 20.1. The van der Waals surface area contributed by atoms with E-state index in [0.717, 1.165) is 11.1 Å². The van der Waals surface area contributed by atoms with Crippen molar-refractivity contribution in [1.29, 1.82) is 0 Å². The lowest BCUT2D eigenvalue weighted by Crippen LogP contribution is -2.24. The van der Waals surface area contributed by atoms with Crippen molar-refractivity contribution in [2.75, 3.05) is 13.7 Å². The number of carbonyl (C=O) groups is 2. The number of ether oxygens (including phenoxy) is 2. The molecule has 1 aliphatic heterocycles. The largest absolute Gasteiger partial charge is 0.507 e. The summed E-state index contributed by atoms with van der Waals surface area (Å²) in [4.78, 5) is 23.7. The number of carbonyl (C=O) groups excluding carboxylic acids is 2. The molecule has 0 bridgehead atoms. The third-order valence-corrected chi connectivity index (χ3v) is 4.66. The number of fused-ring (bicyclic) bond motifs is 1. The number of esters is 1. The average Bonchev–Trinajstić information content (AvgIpc) is 3.02. The number of nitrogens with one attached hydrogen (secondary N) is 1. The molecule has 27 heavy (non-hydrogen) atoms. The fraction of sp³-hybridized carbons (Fsp3) is 0.400. The number of aromatic hydroxyl groups is 1. The summed E-state index contributed by atoms with van der Waals surface area (Å²) in [7, 11) is 1.53. The molecule has 146 valence electrons. The van der Waals surface area contributed by atoms with Crippen molar-refractivity contribution in [3.63, 3.8) is 0 Å². The first-order valence-electron chi connectivity index (χ1n) is 8.60. The molecule has 1 heterocycles. The molecule has 6 nitrogen and oxygen atoms in total. The van der Waals surface area contributed by atoms with Crippen LogP contribution in [0.15, 0.2) is 23.3 Å². The minimum Gasteiger partial charge on any atom is -0.507 e. The Morgan fingerprint density at radius 1 is 1.44 bits per heavy atom. The summed E-state index contributed by atoms with van der Waals surface area (Å²) in [5.41, 5.74) is 3.19. The molecule has 1 aromatic carbocycles. The number of methoxy groups -OCH3 is 1. The monoisotopic (exact) mass is 393 g/mol. The molecule has 1 amide bonds. The number of phenols is 1. The van der Waals surface area contributed by atoms with Crippen molar-refractivity contribution in [2.24, 2.45) is 0 Å². The number of allylic oxidation sites excluding steroid dienone is 2. The number of amides is 1. The van der Waals surface area contributed by atoms with Gasteiger partial charge >= 0.3 is 5.97 Å². The summed E-state index contributed by atoms with van der Waals surface area (Å²) in [6, 6.07) is 0. The lowest BCUT2D eigenvalue weighted by Gasteiger charge is -2.15. The zero-order valence-corrected chi connectivity index (χ0v) is 16.5. The molecular weight excluding hydrogens is 370 g/mol. The third kappa shape index (κ3) is 4.83. The van der Waals surface area contributed by atoms with Crippen LogP contribution in [0.2, 0.25) is 0 Å². The Bertz CT molecular complexity index is 813. The first-order chi connectivity index (χ1) is 12.8. The molecule has 2 rings (SSSR count). The number of hydrogen-bond donors (Lipinski definition) is 2. The molecule has 1 aromatic rings. The van der Waals surface area contributed by atoms with E-state index in [1.165, 1.54) is 7.11 Å². The maximum atomic E-state index is 11.9. The highest BCUT2D eigenvalue weighted by Crippen LogP contribution is 2.42. The van der Waals surface area contributed by atoms with Gasteiger partial charge in [-0.15, -0.1) is 0 Å². The highest BCUT2D eigenvalue weighted by molar-refractivity contribution is 6.29. The van der Waals surface area contributed by atoms with Crippen molar-refractivity contribution in [3.05, 3.63) is 45.5 Å². The summed E-state index contributed by atoms with van der Waals surface area (Å²) in [5.74, 6) is -0.182. The van der Waals surface area contributed by atoms with Gasteiger partial charge in [0.1, 0.15) is 23.7 Å². The quantitative estimate of drug-likeness (QED) is 0.521. The van der Waals surface area contributed by atoms with Gasteiger partial charge in [0.25, 0.3) is 0 Å². The van der Waals surface area contributed by atoms with Gasteiger partial charge in [-0.2, -0.15) is 0 Å². The molecule has 0 aliphatic carbocycles. The van der Waals surface area contributed by atoms with Gasteiger partial charge in [-0.3, -0.25) is 4.79 Å². The van der Waals surface area contributed by atoms with Crippen LogP contribution in [0.5, 0.6) is 11.5 Å². The SMILES string of the molecule is C=C(Cl)CNC(=O)CC/C(C)=C/Cc1c(O)c2c(c(C)c1OC)COC2=O. The van der Waals surface area contributed by atoms with Crippen molar-refractivity contribution in [2.45, 2.75) is 39.7 Å². The van der Waals surface area contributed by atoms with E-state index in [4.69, 9.17) is 21.1 Å². The zero-order valence-electron chi connectivity index (χ0n) is 15.8. The van der Waals surface area contributed by atoms with Crippen LogP contribution in [0, 0.1) is 6.92 Å². The maximum Gasteiger partial charge on any atom is 0.342 e. The normalized spacial score (nSPS) is 13.2. The second-order valence-electron chi connectivity index (χ2n) is 6.46. The lowest BCUT2D eigenvalue weighted by molar-refractivity contribution is -0.120. The molecule has 7 heteroatoms. The van der Waals surface area contributed by atoms with Crippen molar-refractivity contribution in [1.82, 2.24) is 5.32 Å². The number of halogens is 1. The maximum absolute atomic E-state index is 11.9. The summed E-state index contributed by atoms with van der Waals surface area (Å²) in [6.45, 7) is 7.66. The van der Waals surface area contributed by atoms with E-state index in [1.807, 2.05) is 19.9 Å². The van der Waals surface area contributed by atoms with Gasteiger partial charge in [0.05, 0.1) is 13.7 Å². The van der Waals surface area contributed by atoms with Crippen LogP contribution >= 0.6 is 11.6 Å². The van der Waals surface area contributed by atoms with Gasteiger partial charge in [0.15, 0.2) is 0 Å². The molecule has 1 aliphatic rings. The molecule has 0 spiro atoms. The van der Waals surface area contributed by atoms with Crippen LogP contribution in [0.3, 0.4) is 0 Å². The second-order valence-corrected chi connectivity index (χ2v) is 7.00. The van der Waals surface area contributed by atoms with E-state index < -0.39 is 5.97 Å². The molecule has 0 saturated heterocycles. The first kappa shape index (κ1) is 20.8. The molecule has 0 fully saturated rings. The highest BCUT2D eigenvalue weighted by atomic mass is 35.5. The van der Waals surface area contributed by atoms with Gasteiger partial charge in [-0.25, -0.2) is 4.79 Å². The van der Waals surface area contributed by atoms with E-state index in [0.29, 0.717) is 41.2 Å². The Balaban J connectivity index is 2.13. The average molecular weight is 394 g/mol. The standard InChI is InChI=1S/C20H24ClNO5/c1-11(6-8-16(23)22-9-12(2)21)5-7-14-18(24)17-15(10-27-20(17)25)13(3)19(14)26-4/h5,24H,2,6-10H2,1,3-4H3,(H,22,23)/b11-5+. The molecule has 0 aromatic heterocycles. The topological polar surface area (TPSA) is 84.9 Å². The molecule has 2 N–H and O–H groups in total. The Kier molecular flexibility index (Phi) is 6.91. The summed E-state index contributed by atoms with van der Waals surface area (Å²) in [6.07, 6.45) is 3.18. The van der Waals surface area contributed by atoms with Gasteiger partial charge in [0.2, 0.25) is 5.91 Å². The summed E-state index contributed by atoms with van der Waals surface area (Å²) in [5, 5.41) is 13.6. The van der Waals surface area contributed by atoms with E-state index in [9.17, 15) is 14.7 Å². The Labute approximate surface area is 163 Å². The van der Waals surface area contributed by atoms with E-state index in [1.54, 1.807) is 0 Å².